The van der Waals surface area contributed by atoms with Gasteiger partial charge in [0.25, 0.3) is 5.91 Å². The SMILES string of the molecule is O=C(CN1C(=O)NC2(CCCc3sccc32)C1=O)N1CCN(S(=O)(=O)c2ccc(Cl)cc2)CC1. The lowest BCUT2D eigenvalue weighted by Gasteiger charge is -2.34. The Morgan fingerprint density at radius 2 is 1.79 bits per heavy atom. The van der Waals surface area contributed by atoms with Gasteiger partial charge in [0.2, 0.25) is 15.9 Å². The zero-order chi connectivity index (χ0) is 24.1. The summed E-state index contributed by atoms with van der Waals surface area (Å²) < 4.78 is 27.1. The van der Waals surface area contributed by atoms with Gasteiger partial charge in [-0.15, -0.1) is 11.3 Å². The maximum absolute atomic E-state index is 13.3. The summed E-state index contributed by atoms with van der Waals surface area (Å²) in [7, 11) is -3.70. The van der Waals surface area contributed by atoms with Crippen LogP contribution in [0.5, 0.6) is 0 Å². The Kier molecular flexibility index (Phi) is 5.91. The molecule has 1 atom stereocenters. The maximum atomic E-state index is 13.3. The number of hydrogen-bond acceptors (Lipinski definition) is 6. The number of imide groups is 1. The third-order valence-electron chi connectivity index (χ3n) is 6.67. The molecule has 3 heterocycles. The Balaban J connectivity index is 1.24. The lowest BCUT2D eigenvalue weighted by Crippen LogP contribution is -2.53. The van der Waals surface area contributed by atoms with Crippen LogP contribution in [0.2, 0.25) is 5.02 Å². The number of benzene rings is 1. The van der Waals surface area contributed by atoms with Gasteiger partial charge in [-0.05, 0) is 55.0 Å². The molecule has 1 spiro atoms. The average Bonchev–Trinajstić information content (AvgIpc) is 3.40. The van der Waals surface area contributed by atoms with Crippen molar-refractivity contribution in [2.45, 2.75) is 29.7 Å². The molecule has 0 bridgehead atoms. The smallest absolute Gasteiger partial charge is 0.325 e. The number of thiophene rings is 1. The van der Waals surface area contributed by atoms with Crippen molar-refractivity contribution in [3.63, 3.8) is 0 Å². The van der Waals surface area contributed by atoms with Gasteiger partial charge in [0.05, 0.1) is 4.90 Å². The van der Waals surface area contributed by atoms with Gasteiger partial charge in [0, 0.05) is 41.6 Å². The molecule has 0 radical (unpaired) electrons. The topological polar surface area (TPSA) is 107 Å². The fraction of sp³-hybridized carbons (Fsp3) is 0.409. The molecule has 1 aromatic heterocycles. The number of piperazine rings is 1. The van der Waals surface area contributed by atoms with Crippen molar-refractivity contribution in [1.29, 1.82) is 0 Å². The highest BCUT2D eigenvalue weighted by atomic mass is 35.5. The number of carbonyl (C=O) groups is 3. The summed E-state index contributed by atoms with van der Waals surface area (Å²) >= 11 is 7.42. The molecule has 4 amide bonds. The quantitative estimate of drug-likeness (QED) is 0.618. The Morgan fingerprint density at radius 3 is 2.50 bits per heavy atom. The monoisotopic (exact) mass is 522 g/mol. The molecule has 5 rings (SSSR count). The van der Waals surface area contributed by atoms with Crippen molar-refractivity contribution < 1.29 is 22.8 Å². The van der Waals surface area contributed by atoms with Crippen molar-refractivity contribution in [3.8, 4) is 0 Å². The average molecular weight is 523 g/mol. The predicted molar refractivity (Wildman–Crippen MR) is 126 cm³/mol. The molecule has 12 heteroatoms. The molecule has 1 aliphatic carbocycles. The van der Waals surface area contributed by atoms with Crippen molar-refractivity contribution in [1.82, 2.24) is 19.4 Å². The third kappa shape index (κ3) is 3.80. The van der Waals surface area contributed by atoms with E-state index < -0.39 is 27.5 Å². The summed E-state index contributed by atoms with van der Waals surface area (Å²) in [4.78, 5) is 42.7. The lowest BCUT2D eigenvalue weighted by atomic mass is 9.80. The van der Waals surface area contributed by atoms with Gasteiger partial charge in [-0.3, -0.25) is 14.5 Å². The van der Waals surface area contributed by atoms with Gasteiger partial charge in [-0.25, -0.2) is 13.2 Å². The van der Waals surface area contributed by atoms with Crippen molar-refractivity contribution in [3.05, 3.63) is 51.2 Å². The van der Waals surface area contributed by atoms with Crippen molar-refractivity contribution in [2.75, 3.05) is 32.7 Å². The number of aryl methyl sites for hydroxylation is 1. The van der Waals surface area contributed by atoms with E-state index in [1.54, 1.807) is 11.3 Å². The number of fused-ring (bicyclic) bond motifs is 2. The van der Waals surface area contributed by atoms with E-state index in [1.165, 1.54) is 33.5 Å². The number of nitrogens with zero attached hydrogens (tertiary/aromatic N) is 3. The predicted octanol–water partition coefficient (Wildman–Crippen LogP) is 2.02. The molecule has 0 saturated carbocycles. The summed E-state index contributed by atoms with van der Waals surface area (Å²) in [6, 6.07) is 7.25. The third-order valence-corrected chi connectivity index (χ3v) is 9.82. The number of rotatable bonds is 4. The molecule has 1 N–H and O–H groups in total. The molecular weight excluding hydrogens is 500 g/mol. The first-order chi connectivity index (χ1) is 16.2. The van der Waals surface area contributed by atoms with Crippen LogP contribution >= 0.6 is 22.9 Å². The fourth-order valence-corrected chi connectivity index (χ4v) is 7.40. The molecular formula is C22H23ClN4O5S2. The number of carbonyl (C=O) groups excluding carboxylic acids is 3. The van der Waals surface area contributed by atoms with Crippen LogP contribution in [-0.4, -0.2) is 73.1 Å². The highest BCUT2D eigenvalue weighted by molar-refractivity contribution is 7.89. The highest BCUT2D eigenvalue weighted by Crippen LogP contribution is 2.42. The Bertz CT molecular complexity index is 1250. The Labute approximate surface area is 206 Å². The van der Waals surface area contributed by atoms with Gasteiger partial charge in [0.15, 0.2) is 0 Å². The summed E-state index contributed by atoms with van der Waals surface area (Å²) in [6.45, 7) is 0.234. The number of halogens is 1. The van der Waals surface area contributed by atoms with Crippen LogP contribution in [0.15, 0.2) is 40.6 Å². The van der Waals surface area contributed by atoms with Gasteiger partial charge >= 0.3 is 6.03 Å². The first kappa shape index (κ1) is 23.3. The molecule has 180 valence electrons. The minimum atomic E-state index is -3.70. The molecule has 2 aliphatic heterocycles. The second kappa shape index (κ2) is 8.63. The van der Waals surface area contributed by atoms with E-state index >= 15 is 0 Å². The number of amides is 4. The molecule has 2 fully saturated rings. The van der Waals surface area contributed by atoms with Crippen LogP contribution in [-0.2, 0) is 31.6 Å². The Hall–Kier alpha value is -2.47. The number of sulfonamides is 1. The molecule has 34 heavy (non-hydrogen) atoms. The molecule has 3 aliphatic rings. The van der Waals surface area contributed by atoms with E-state index in [-0.39, 0.29) is 43.5 Å². The van der Waals surface area contributed by atoms with E-state index in [4.69, 9.17) is 11.6 Å². The van der Waals surface area contributed by atoms with Crippen molar-refractivity contribution in [2.24, 2.45) is 0 Å². The van der Waals surface area contributed by atoms with Crippen LogP contribution < -0.4 is 5.32 Å². The lowest BCUT2D eigenvalue weighted by molar-refractivity contribution is -0.140. The van der Waals surface area contributed by atoms with E-state index in [9.17, 15) is 22.8 Å². The largest absolute Gasteiger partial charge is 0.338 e. The standard InChI is InChI=1S/C22H23ClN4O5S2/c23-15-3-5-16(6-4-15)34(31,32)26-11-9-25(10-12-26)19(28)14-27-20(29)22(24-21(27)30)8-1-2-18-17(22)7-13-33-18/h3-7,13H,1-2,8-12,14H2,(H,24,30). The minimum absolute atomic E-state index is 0.124. The van der Waals surface area contributed by atoms with E-state index in [0.717, 1.165) is 28.2 Å². The first-order valence-corrected chi connectivity index (χ1v) is 13.7. The molecule has 2 saturated heterocycles. The molecule has 1 unspecified atom stereocenters. The van der Waals surface area contributed by atoms with E-state index in [2.05, 4.69) is 5.32 Å². The van der Waals surface area contributed by atoms with E-state index in [1.807, 2.05) is 11.4 Å². The zero-order valence-corrected chi connectivity index (χ0v) is 20.6. The van der Waals surface area contributed by atoms with Gasteiger partial charge < -0.3 is 10.2 Å². The van der Waals surface area contributed by atoms with Gasteiger partial charge in [-0.2, -0.15) is 4.31 Å². The summed E-state index contributed by atoms with van der Waals surface area (Å²) in [6.07, 6.45) is 2.17. The number of urea groups is 1. The van der Waals surface area contributed by atoms with Gasteiger partial charge in [-0.1, -0.05) is 11.6 Å². The van der Waals surface area contributed by atoms with Crippen LogP contribution in [0.4, 0.5) is 4.79 Å². The summed E-state index contributed by atoms with van der Waals surface area (Å²) in [5.74, 6) is -0.778. The zero-order valence-electron chi connectivity index (χ0n) is 18.2. The normalized spacial score (nSPS) is 23.3. The molecule has 1 aromatic carbocycles. The molecule has 9 nitrogen and oxygen atoms in total. The Morgan fingerprint density at radius 1 is 1.09 bits per heavy atom. The minimum Gasteiger partial charge on any atom is -0.338 e. The first-order valence-electron chi connectivity index (χ1n) is 11.0. The second-order valence-corrected chi connectivity index (χ2v) is 12.0. The van der Waals surface area contributed by atoms with Gasteiger partial charge in [0.1, 0.15) is 12.1 Å². The fourth-order valence-electron chi connectivity index (χ4n) is 4.85. The number of nitrogens with one attached hydrogen (secondary N) is 1. The van der Waals surface area contributed by atoms with Crippen LogP contribution in [0.3, 0.4) is 0 Å². The van der Waals surface area contributed by atoms with Crippen LogP contribution in [0.25, 0.3) is 0 Å². The van der Waals surface area contributed by atoms with Crippen LogP contribution in [0, 0.1) is 0 Å². The molecule has 2 aromatic rings. The number of hydrogen-bond donors (Lipinski definition) is 1. The highest BCUT2D eigenvalue weighted by Gasteiger charge is 2.54. The maximum Gasteiger partial charge on any atom is 0.325 e. The van der Waals surface area contributed by atoms with Crippen LogP contribution in [0.1, 0.15) is 23.3 Å². The second-order valence-electron chi connectivity index (χ2n) is 8.58. The van der Waals surface area contributed by atoms with E-state index in [0.29, 0.717) is 11.4 Å². The summed E-state index contributed by atoms with van der Waals surface area (Å²) in [5.41, 5.74) is -0.255. The van der Waals surface area contributed by atoms with Crippen molar-refractivity contribution >= 4 is 50.8 Å². The summed E-state index contributed by atoms with van der Waals surface area (Å²) in [5, 5.41) is 5.21.